The molecule has 0 aromatic rings. The van der Waals surface area contributed by atoms with Crippen LogP contribution in [0.2, 0.25) is 0 Å². The van der Waals surface area contributed by atoms with Gasteiger partial charge in [-0.2, -0.15) is 0 Å². The van der Waals surface area contributed by atoms with Gasteiger partial charge in [-0.25, -0.2) is 0 Å². The zero-order valence-electron chi connectivity index (χ0n) is 7.42. The van der Waals surface area contributed by atoms with Crippen molar-refractivity contribution in [2.75, 3.05) is 13.1 Å². The molecule has 3 nitrogen and oxygen atoms in total. The highest BCUT2D eigenvalue weighted by atomic mass is 16.4. The summed E-state index contributed by atoms with van der Waals surface area (Å²) in [7, 11) is 0. The highest BCUT2D eigenvalue weighted by molar-refractivity contribution is 5.71. The Labute approximate surface area is 72.4 Å². The van der Waals surface area contributed by atoms with Gasteiger partial charge in [-0.05, 0) is 19.3 Å². The van der Waals surface area contributed by atoms with E-state index >= 15 is 0 Å². The van der Waals surface area contributed by atoms with Gasteiger partial charge in [-0.1, -0.05) is 6.92 Å². The fraction of sp³-hybridized carbons (Fsp3) is 0.889. The predicted molar refractivity (Wildman–Crippen MR) is 45.0 cm³/mol. The van der Waals surface area contributed by atoms with Gasteiger partial charge in [0.05, 0.1) is 5.92 Å². The number of hydrogen-bond donors (Lipinski definition) is 1. The smallest absolute Gasteiger partial charge is 0.309 e. The van der Waals surface area contributed by atoms with Crippen LogP contribution >= 0.6 is 0 Å². The lowest BCUT2D eigenvalue weighted by Gasteiger charge is -2.42. The third kappa shape index (κ3) is 1.04. The Kier molecular flexibility index (Phi) is 1.65. The summed E-state index contributed by atoms with van der Waals surface area (Å²) >= 11 is 0. The Bertz CT molecular complexity index is 205. The molecule has 1 aliphatic carbocycles. The molecule has 0 aromatic carbocycles. The van der Waals surface area contributed by atoms with E-state index in [2.05, 4.69) is 11.8 Å². The van der Waals surface area contributed by atoms with E-state index in [0.717, 1.165) is 13.1 Å². The van der Waals surface area contributed by atoms with Gasteiger partial charge in [-0.15, -0.1) is 0 Å². The topological polar surface area (TPSA) is 40.5 Å². The molecule has 0 radical (unpaired) electrons. The molecule has 2 fully saturated rings. The average Bonchev–Trinajstić information content (AvgIpc) is 2.65. The van der Waals surface area contributed by atoms with Crippen LogP contribution < -0.4 is 0 Å². The Morgan fingerprint density at radius 3 is 2.50 bits per heavy atom. The summed E-state index contributed by atoms with van der Waals surface area (Å²) in [6.45, 7) is 3.76. The Morgan fingerprint density at radius 2 is 2.17 bits per heavy atom. The third-order valence-electron chi connectivity index (χ3n) is 3.39. The van der Waals surface area contributed by atoms with Gasteiger partial charge in [0, 0.05) is 18.6 Å². The van der Waals surface area contributed by atoms with Gasteiger partial charge in [0.15, 0.2) is 0 Å². The summed E-state index contributed by atoms with van der Waals surface area (Å²) in [6, 6.07) is 0. The van der Waals surface area contributed by atoms with Crippen molar-refractivity contribution >= 4 is 5.97 Å². The first-order chi connectivity index (χ1) is 5.68. The van der Waals surface area contributed by atoms with Crippen LogP contribution in [-0.2, 0) is 4.79 Å². The number of rotatable bonds is 3. The fourth-order valence-corrected chi connectivity index (χ4v) is 2.06. The lowest BCUT2D eigenvalue weighted by molar-refractivity contribution is -0.149. The normalized spacial score (nSPS) is 28.1. The second kappa shape index (κ2) is 2.46. The van der Waals surface area contributed by atoms with Crippen molar-refractivity contribution in [3.05, 3.63) is 0 Å². The van der Waals surface area contributed by atoms with Crippen molar-refractivity contribution in [1.82, 2.24) is 4.90 Å². The zero-order valence-corrected chi connectivity index (χ0v) is 7.42. The SMILES string of the molecule is CCC1(N2CC(C(=O)O)C2)CC1. The second-order valence-electron chi connectivity index (χ2n) is 4.02. The summed E-state index contributed by atoms with van der Waals surface area (Å²) in [5.41, 5.74) is 0.423. The number of nitrogens with zero attached hydrogens (tertiary/aromatic N) is 1. The van der Waals surface area contributed by atoms with E-state index < -0.39 is 5.97 Å². The maximum absolute atomic E-state index is 10.5. The third-order valence-corrected chi connectivity index (χ3v) is 3.39. The van der Waals surface area contributed by atoms with Crippen molar-refractivity contribution in [1.29, 1.82) is 0 Å². The van der Waals surface area contributed by atoms with Crippen molar-refractivity contribution in [3.8, 4) is 0 Å². The van der Waals surface area contributed by atoms with E-state index in [9.17, 15) is 4.79 Å². The van der Waals surface area contributed by atoms with Gasteiger partial charge in [-0.3, -0.25) is 9.69 Å². The molecule has 12 heavy (non-hydrogen) atoms. The van der Waals surface area contributed by atoms with Gasteiger partial charge in [0.2, 0.25) is 0 Å². The van der Waals surface area contributed by atoms with E-state index in [4.69, 9.17) is 5.11 Å². The van der Waals surface area contributed by atoms with Gasteiger partial charge in [0.25, 0.3) is 0 Å². The standard InChI is InChI=1S/C9H15NO2/c1-2-9(3-4-9)10-5-7(6-10)8(11)12/h7H,2-6H2,1H3,(H,11,12). The number of carboxylic acids is 1. The number of hydrogen-bond acceptors (Lipinski definition) is 2. The molecular formula is C9H15NO2. The van der Waals surface area contributed by atoms with Crippen LogP contribution in [0.4, 0.5) is 0 Å². The van der Waals surface area contributed by atoms with Crippen molar-refractivity contribution in [2.24, 2.45) is 5.92 Å². The molecule has 0 amide bonds. The largest absolute Gasteiger partial charge is 0.481 e. The minimum atomic E-state index is -0.627. The second-order valence-corrected chi connectivity index (χ2v) is 4.02. The molecule has 3 heteroatoms. The highest BCUT2D eigenvalue weighted by Gasteiger charge is 2.51. The quantitative estimate of drug-likeness (QED) is 0.683. The number of likely N-dealkylation sites (tertiary alicyclic amines) is 1. The monoisotopic (exact) mass is 169 g/mol. The van der Waals surface area contributed by atoms with Crippen LogP contribution in [0.15, 0.2) is 0 Å². The Balaban J connectivity index is 1.85. The van der Waals surface area contributed by atoms with Gasteiger partial charge in [0.1, 0.15) is 0 Å². The molecule has 1 aliphatic heterocycles. The first-order valence-electron chi connectivity index (χ1n) is 4.66. The molecule has 0 bridgehead atoms. The van der Waals surface area contributed by atoms with E-state index in [1.54, 1.807) is 0 Å². The molecule has 0 spiro atoms. The maximum Gasteiger partial charge on any atom is 0.309 e. The van der Waals surface area contributed by atoms with Crippen LogP contribution in [0.3, 0.4) is 0 Å². The van der Waals surface area contributed by atoms with Crippen LogP contribution in [0.5, 0.6) is 0 Å². The molecule has 2 aliphatic rings. The fourth-order valence-electron chi connectivity index (χ4n) is 2.06. The van der Waals surface area contributed by atoms with Crippen molar-refractivity contribution in [3.63, 3.8) is 0 Å². The average molecular weight is 169 g/mol. The highest BCUT2D eigenvalue weighted by Crippen LogP contribution is 2.47. The van der Waals surface area contributed by atoms with Crippen LogP contribution in [0.25, 0.3) is 0 Å². The first kappa shape index (κ1) is 8.05. The van der Waals surface area contributed by atoms with Crippen LogP contribution in [0.1, 0.15) is 26.2 Å². The molecule has 0 aromatic heterocycles. The summed E-state index contributed by atoms with van der Waals surface area (Å²) in [5.74, 6) is -0.716. The number of carboxylic acid groups (broad SMARTS) is 1. The minimum absolute atomic E-state index is 0.0889. The molecule has 1 heterocycles. The van der Waals surface area contributed by atoms with E-state index in [-0.39, 0.29) is 5.92 Å². The van der Waals surface area contributed by atoms with E-state index in [1.165, 1.54) is 19.3 Å². The summed E-state index contributed by atoms with van der Waals surface area (Å²) < 4.78 is 0. The van der Waals surface area contributed by atoms with Crippen molar-refractivity contribution in [2.45, 2.75) is 31.7 Å². The molecular weight excluding hydrogens is 154 g/mol. The number of carbonyl (C=O) groups is 1. The lowest BCUT2D eigenvalue weighted by Crippen LogP contribution is -2.55. The molecule has 0 atom stereocenters. The van der Waals surface area contributed by atoms with Crippen LogP contribution in [0, 0.1) is 5.92 Å². The Hall–Kier alpha value is -0.570. The molecule has 1 saturated carbocycles. The summed E-state index contributed by atoms with van der Waals surface area (Å²) in [6.07, 6.45) is 3.73. The van der Waals surface area contributed by atoms with Crippen LogP contribution in [-0.4, -0.2) is 34.6 Å². The van der Waals surface area contributed by atoms with E-state index in [0.29, 0.717) is 5.54 Å². The molecule has 2 rings (SSSR count). The first-order valence-corrected chi connectivity index (χ1v) is 4.66. The molecule has 1 N–H and O–H groups in total. The zero-order chi connectivity index (χ0) is 8.77. The number of aliphatic carboxylic acids is 1. The summed E-state index contributed by atoms with van der Waals surface area (Å²) in [4.78, 5) is 12.9. The van der Waals surface area contributed by atoms with Gasteiger partial charge < -0.3 is 5.11 Å². The summed E-state index contributed by atoms with van der Waals surface area (Å²) in [5, 5.41) is 8.68. The van der Waals surface area contributed by atoms with E-state index in [1.807, 2.05) is 0 Å². The Morgan fingerprint density at radius 1 is 1.58 bits per heavy atom. The minimum Gasteiger partial charge on any atom is -0.481 e. The lowest BCUT2D eigenvalue weighted by atomic mass is 9.96. The molecule has 1 saturated heterocycles. The van der Waals surface area contributed by atoms with Crippen molar-refractivity contribution < 1.29 is 9.90 Å². The molecule has 0 unspecified atom stereocenters. The predicted octanol–water partition coefficient (Wildman–Crippen LogP) is 0.945. The van der Waals surface area contributed by atoms with Gasteiger partial charge >= 0.3 is 5.97 Å². The maximum atomic E-state index is 10.5. The molecule has 68 valence electrons.